The van der Waals surface area contributed by atoms with Gasteiger partial charge in [0.15, 0.2) is 30.9 Å². The average Bonchev–Trinajstić information content (AvgIpc) is 3.36. The molecule has 16 nitrogen and oxygen atoms in total. The van der Waals surface area contributed by atoms with Gasteiger partial charge in [-0.25, -0.2) is 0 Å². The van der Waals surface area contributed by atoms with E-state index in [-0.39, 0.29) is 24.3 Å². The zero-order valence-electron chi connectivity index (χ0n) is 34.6. The molecule has 318 valence electrons. The summed E-state index contributed by atoms with van der Waals surface area (Å²) in [6.07, 6.45) is -8.05. The third kappa shape index (κ3) is 9.30. The highest BCUT2D eigenvalue weighted by Crippen LogP contribution is 2.55. The molecule has 0 saturated carbocycles. The molecular weight excluding hydrogens is 763 g/mol. The molecule has 4 aliphatic heterocycles. The number of aliphatic hydroxyl groups excluding tert-OH is 1. The molecule has 1 N–H and O–H groups in total. The molecule has 10 atom stereocenters. The largest absolute Gasteiger partial charge is 0.456 e. The van der Waals surface area contributed by atoms with Crippen molar-refractivity contribution in [2.75, 3.05) is 19.8 Å². The third-order valence-electron chi connectivity index (χ3n) is 10.7. The van der Waals surface area contributed by atoms with Gasteiger partial charge in [0, 0.05) is 37.5 Å². The first-order valence-electron chi connectivity index (χ1n) is 19.7. The zero-order chi connectivity index (χ0) is 42.0. The molecule has 1 aromatic rings. The van der Waals surface area contributed by atoms with Crippen LogP contribution in [0.15, 0.2) is 24.3 Å². The SMILES string of the molecule is CCCCCCO[C@@H]1O[C@H](CO[C@H]2O[C@@H]3CO[Si](C(C)(C)C)(C(C)(C)C)O[C@@H]3[C@H](O)[C@H]2N2C(=O)c3ccccc3C2=O)[C@@H](OC(C)=O)[C@H](OC(C)=O)[C@H]1OC(C)=O. The number of aliphatic hydroxyl groups is 1. The highest BCUT2D eigenvalue weighted by atomic mass is 28.4. The Balaban J connectivity index is 1.50. The molecule has 0 bridgehead atoms. The topological polar surface area (TPSA) is 192 Å². The van der Waals surface area contributed by atoms with E-state index in [2.05, 4.69) is 6.92 Å². The van der Waals surface area contributed by atoms with Gasteiger partial charge < -0.3 is 47.1 Å². The predicted octanol–water partition coefficient (Wildman–Crippen LogP) is 4.33. The summed E-state index contributed by atoms with van der Waals surface area (Å²) < 4.78 is 55.6. The Kier molecular flexibility index (Phi) is 14.1. The second kappa shape index (κ2) is 17.9. The van der Waals surface area contributed by atoms with Crippen molar-refractivity contribution in [1.82, 2.24) is 4.90 Å². The number of unbranched alkanes of at least 4 members (excludes halogenated alkanes) is 3. The summed E-state index contributed by atoms with van der Waals surface area (Å²) in [4.78, 5) is 66.2. The standard InChI is InChI=1S/C40H59NO15Si/c1-11-12-13-16-19-48-38-34(53-24(4)44)33(52-23(3)43)32(51-22(2)42)27(55-38)20-49-37-29(41-35(46)25-17-14-15-18-26(25)36(41)47)30(45)31-28(54-37)21-50-57(56-31,39(5,6)7)40(8,9)10/h14-15,17-18,27-34,37-38,45H,11-13,16,19-21H2,1-10H3/t27-,28-,29-,30-,31+,32-,33+,34-,37+,38-/m1/s1. The van der Waals surface area contributed by atoms with Crippen LogP contribution in [0, 0.1) is 0 Å². The number of carbonyl (C=O) groups excluding carboxylic acids is 5. The number of carbonyl (C=O) groups is 5. The number of fused-ring (bicyclic) bond motifs is 2. The quantitative estimate of drug-likeness (QED) is 0.0972. The molecule has 4 aliphatic rings. The normalized spacial score (nSPS) is 31.3. The molecule has 3 saturated heterocycles. The van der Waals surface area contributed by atoms with Crippen LogP contribution < -0.4 is 0 Å². The Morgan fingerprint density at radius 3 is 1.89 bits per heavy atom. The fourth-order valence-electron chi connectivity index (χ4n) is 8.45. The molecule has 1 aromatic carbocycles. The first kappa shape index (κ1) is 44.8. The van der Waals surface area contributed by atoms with E-state index >= 15 is 0 Å². The summed E-state index contributed by atoms with van der Waals surface area (Å²) in [6.45, 7) is 17.5. The predicted molar refractivity (Wildman–Crippen MR) is 203 cm³/mol. The van der Waals surface area contributed by atoms with Gasteiger partial charge in [-0.2, -0.15) is 0 Å². The second-order valence-corrected chi connectivity index (χ2v) is 21.8. The molecule has 17 heteroatoms. The lowest BCUT2D eigenvalue weighted by Gasteiger charge is -2.58. The lowest BCUT2D eigenvalue weighted by molar-refractivity contribution is -0.328. The minimum absolute atomic E-state index is 0.0275. The Labute approximate surface area is 335 Å². The summed E-state index contributed by atoms with van der Waals surface area (Å²) >= 11 is 0. The first-order valence-corrected chi connectivity index (χ1v) is 21.6. The third-order valence-corrected chi connectivity index (χ3v) is 15.8. The van der Waals surface area contributed by atoms with Gasteiger partial charge in [0.2, 0.25) is 0 Å². The van der Waals surface area contributed by atoms with Gasteiger partial charge in [-0.05, 0) is 18.6 Å². The van der Waals surface area contributed by atoms with Crippen LogP contribution in [0.25, 0.3) is 0 Å². The van der Waals surface area contributed by atoms with E-state index in [9.17, 15) is 29.1 Å². The van der Waals surface area contributed by atoms with Crippen molar-refractivity contribution >= 4 is 38.3 Å². The highest BCUT2D eigenvalue weighted by Gasteiger charge is 2.66. The summed E-state index contributed by atoms with van der Waals surface area (Å²) in [5.74, 6) is -3.54. The Morgan fingerprint density at radius 2 is 1.35 bits per heavy atom. The fraction of sp³-hybridized carbons (Fsp3) is 0.725. The van der Waals surface area contributed by atoms with E-state index in [1.165, 1.54) is 19.1 Å². The molecule has 57 heavy (non-hydrogen) atoms. The molecule has 4 heterocycles. The van der Waals surface area contributed by atoms with Gasteiger partial charge in [-0.1, -0.05) is 79.9 Å². The van der Waals surface area contributed by atoms with E-state index in [0.29, 0.717) is 6.42 Å². The molecule has 0 aromatic heterocycles. The van der Waals surface area contributed by atoms with Crippen LogP contribution in [-0.2, 0) is 56.4 Å². The second-order valence-electron chi connectivity index (χ2n) is 17.1. The van der Waals surface area contributed by atoms with Crippen LogP contribution in [0.5, 0.6) is 0 Å². The number of nitrogens with zero attached hydrogens (tertiary/aromatic N) is 1. The summed E-state index contributed by atoms with van der Waals surface area (Å²) in [6, 6.07) is 4.91. The van der Waals surface area contributed by atoms with Crippen molar-refractivity contribution < 1.29 is 71.1 Å². The number of amides is 2. The van der Waals surface area contributed by atoms with Crippen LogP contribution in [-0.4, -0.2) is 129 Å². The molecule has 2 amide bonds. The maximum absolute atomic E-state index is 14.0. The van der Waals surface area contributed by atoms with Crippen LogP contribution in [0.3, 0.4) is 0 Å². The van der Waals surface area contributed by atoms with Crippen molar-refractivity contribution in [1.29, 1.82) is 0 Å². The summed E-state index contributed by atoms with van der Waals surface area (Å²) in [7, 11) is -3.19. The molecule has 3 fully saturated rings. The van der Waals surface area contributed by atoms with Gasteiger partial charge in [0.1, 0.15) is 30.5 Å². The highest BCUT2D eigenvalue weighted by molar-refractivity contribution is 6.73. The molecule has 5 rings (SSSR count). The number of hydrogen-bond donors (Lipinski definition) is 1. The van der Waals surface area contributed by atoms with Gasteiger partial charge in [-0.3, -0.25) is 28.9 Å². The Morgan fingerprint density at radius 1 is 0.789 bits per heavy atom. The van der Waals surface area contributed by atoms with E-state index in [0.717, 1.165) is 38.0 Å². The number of ether oxygens (including phenoxy) is 7. The van der Waals surface area contributed by atoms with Gasteiger partial charge >= 0.3 is 26.5 Å². The van der Waals surface area contributed by atoms with Crippen LogP contribution >= 0.6 is 0 Å². The van der Waals surface area contributed by atoms with Crippen LogP contribution in [0.1, 0.15) is 116 Å². The lowest BCUT2D eigenvalue weighted by atomic mass is 9.95. The Bertz CT molecular complexity index is 1590. The van der Waals surface area contributed by atoms with Crippen molar-refractivity contribution in [2.24, 2.45) is 0 Å². The van der Waals surface area contributed by atoms with Crippen molar-refractivity contribution in [3.63, 3.8) is 0 Å². The monoisotopic (exact) mass is 821 g/mol. The first-order chi connectivity index (χ1) is 26.7. The lowest BCUT2D eigenvalue weighted by Crippen LogP contribution is -2.73. The van der Waals surface area contributed by atoms with Crippen molar-refractivity contribution in [3.05, 3.63) is 35.4 Å². The number of benzene rings is 1. The van der Waals surface area contributed by atoms with Crippen molar-refractivity contribution in [2.45, 2.75) is 166 Å². The maximum atomic E-state index is 14.0. The zero-order valence-corrected chi connectivity index (χ0v) is 35.6. The van der Waals surface area contributed by atoms with Gasteiger partial charge in [0.05, 0.1) is 24.3 Å². The van der Waals surface area contributed by atoms with E-state index in [4.69, 9.17) is 42.0 Å². The number of hydrogen-bond acceptors (Lipinski definition) is 15. The smallest absolute Gasteiger partial charge is 0.349 e. The molecular formula is C40H59NO15Si. The van der Waals surface area contributed by atoms with E-state index < -0.39 is 116 Å². The van der Waals surface area contributed by atoms with Gasteiger partial charge in [0.25, 0.3) is 11.8 Å². The Hall–Kier alpha value is -3.29. The van der Waals surface area contributed by atoms with Crippen LogP contribution in [0.4, 0.5) is 0 Å². The van der Waals surface area contributed by atoms with E-state index in [1.54, 1.807) is 12.1 Å². The number of rotatable bonds is 13. The van der Waals surface area contributed by atoms with Crippen LogP contribution in [0.2, 0.25) is 10.1 Å². The fourth-order valence-corrected chi connectivity index (χ4v) is 13.4. The molecule has 0 aliphatic carbocycles. The van der Waals surface area contributed by atoms with Crippen molar-refractivity contribution in [3.8, 4) is 0 Å². The minimum Gasteiger partial charge on any atom is -0.456 e. The number of imide groups is 1. The van der Waals surface area contributed by atoms with E-state index in [1.807, 2.05) is 41.5 Å². The maximum Gasteiger partial charge on any atom is 0.349 e. The molecule has 0 unspecified atom stereocenters. The minimum atomic E-state index is -3.19. The molecule has 0 radical (unpaired) electrons. The summed E-state index contributed by atoms with van der Waals surface area (Å²) in [5, 5.41) is 11.4. The van der Waals surface area contributed by atoms with Gasteiger partial charge in [-0.15, -0.1) is 0 Å². The molecule has 0 spiro atoms. The summed E-state index contributed by atoms with van der Waals surface area (Å²) in [5.41, 5.74) is 0.309. The number of esters is 3. The average molecular weight is 822 g/mol.